The lowest BCUT2D eigenvalue weighted by molar-refractivity contribution is -0.113. The number of carbonyl (C=O) groups excluding carboxylic acids is 1. The summed E-state index contributed by atoms with van der Waals surface area (Å²) in [6.07, 6.45) is 1.36. The molecular weight excluding hydrogens is 471 g/mol. The molecule has 10 heteroatoms. The van der Waals surface area contributed by atoms with Gasteiger partial charge in [0.25, 0.3) is 0 Å². The molecule has 1 atom stereocenters. The number of rotatable bonds is 10. The molecule has 0 saturated carbocycles. The summed E-state index contributed by atoms with van der Waals surface area (Å²) in [4.78, 5) is 12.4. The van der Waals surface area contributed by atoms with Gasteiger partial charge in [-0.2, -0.15) is 0 Å². The van der Waals surface area contributed by atoms with Gasteiger partial charge in [-0.05, 0) is 37.3 Å². The molecule has 1 amide bonds. The number of carbonyl (C=O) groups is 1. The van der Waals surface area contributed by atoms with Crippen LogP contribution in [0, 0.1) is 0 Å². The van der Waals surface area contributed by atoms with Crippen LogP contribution in [0.1, 0.15) is 18.9 Å². The number of hydrogen-bond donors (Lipinski definition) is 1. The maximum atomic E-state index is 12.4. The third-order valence-corrected chi connectivity index (χ3v) is 6.02. The van der Waals surface area contributed by atoms with Crippen molar-refractivity contribution in [3.05, 3.63) is 71.0 Å². The Balaban J connectivity index is 1.67. The van der Waals surface area contributed by atoms with E-state index in [1.807, 2.05) is 29.7 Å². The van der Waals surface area contributed by atoms with Crippen molar-refractivity contribution in [3.8, 4) is 11.5 Å². The molecular formula is C22H22Cl2N4O3S. The highest BCUT2D eigenvalue weighted by Gasteiger charge is 2.20. The second kappa shape index (κ2) is 11.3. The molecule has 3 aromatic rings. The topological polar surface area (TPSA) is 78.3 Å². The number of nitrogens with one attached hydrogen (secondary N) is 1. The van der Waals surface area contributed by atoms with Crippen molar-refractivity contribution >= 4 is 46.6 Å². The summed E-state index contributed by atoms with van der Waals surface area (Å²) >= 11 is 13.2. The number of halogens is 2. The first kappa shape index (κ1) is 24.0. The average Bonchev–Trinajstić information content (AvgIpc) is 3.18. The van der Waals surface area contributed by atoms with E-state index in [0.29, 0.717) is 44.8 Å². The molecule has 0 fully saturated rings. The Kier molecular flexibility index (Phi) is 8.44. The quantitative estimate of drug-likeness (QED) is 0.291. The van der Waals surface area contributed by atoms with E-state index in [-0.39, 0.29) is 17.8 Å². The van der Waals surface area contributed by atoms with Crippen molar-refractivity contribution in [2.24, 2.45) is 0 Å². The van der Waals surface area contributed by atoms with Crippen LogP contribution in [0.4, 0.5) is 5.69 Å². The van der Waals surface area contributed by atoms with Crippen molar-refractivity contribution in [3.63, 3.8) is 0 Å². The molecule has 0 saturated heterocycles. The van der Waals surface area contributed by atoms with E-state index in [1.165, 1.54) is 11.8 Å². The highest BCUT2D eigenvalue weighted by molar-refractivity contribution is 7.99. The second-order valence-corrected chi connectivity index (χ2v) is 8.40. The lowest BCUT2D eigenvalue weighted by Crippen LogP contribution is -2.15. The fourth-order valence-corrected chi connectivity index (χ4v) is 3.89. The zero-order chi connectivity index (χ0) is 23.1. The number of aromatic nitrogens is 3. The van der Waals surface area contributed by atoms with Crippen LogP contribution in [-0.2, 0) is 11.3 Å². The number of ether oxygens (including phenoxy) is 2. The van der Waals surface area contributed by atoms with Crippen LogP contribution >= 0.6 is 35.0 Å². The van der Waals surface area contributed by atoms with Gasteiger partial charge in [0.2, 0.25) is 5.91 Å². The number of anilines is 1. The lowest BCUT2D eigenvalue weighted by atomic mass is 10.3. The molecule has 1 N–H and O–H groups in total. The predicted molar refractivity (Wildman–Crippen MR) is 128 cm³/mol. The molecule has 168 valence electrons. The van der Waals surface area contributed by atoms with Gasteiger partial charge in [-0.1, -0.05) is 47.1 Å². The van der Waals surface area contributed by atoms with Crippen LogP contribution in [0.3, 0.4) is 0 Å². The van der Waals surface area contributed by atoms with Gasteiger partial charge in [0, 0.05) is 18.3 Å². The summed E-state index contributed by atoms with van der Waals surface area (Å²) in [7, 11) is 1.60. The van der Waals surface area contributed by atoms with E-state index in [0.717, 1.165) is 0 Å². The SMILES string of the molecule is C=CCn1c(SCC(=O)Nc2ccc(Cl)c(Cl)c2)nnc1C(C)Oc1cccc(OC)c1. The summed E-state index contributed by atoms with van der Waals surface area (Å²) in [6, 6.07) is 12.3. The monoisotopic (exact) mass is 492 g/mol. The first-order valence-electron chi connectivity index (χ1n) is 9.63. The minimum Gasteiger partial charge on any atom is -0.497 e. The van der Waals surface area contributed by atoms with Crippen molar-refractivity contribution < 1.29 is 14.3 Å². The number of hydrogen-bond acceptors (Lipinski definition) is 6. The fourth-order valence-electron chi connectivity index (χ4n) is 2.84. The molecule has 0 aliphatic rings. The highest BCUT2D eigenvalue weighted by Crippen LogP contribution is 2.28. The zero-order valence-electron chi connectivity index (χ0n) is 17.5. The fraction of sp³-hybridized carbons (Fsp3) is 0.227. The highest BCUT2D eigenvalue weighted by atomic mass is 35.5. The smallest absolute Gasteiger partial charge is 0.234 e. The van der Waals surface area contributed by atoms with E-state index in [4.69, 9.17) is 32.7 Å². The van der Waals surface area contributed by atoms with E-state index in [1.54, 1.807) is 37.5 Å². The van der Waals surface area contributed by atoms with E-state index >= 15 is 0 Å². The van der Waals surface area contributed by atoms with Crippen LogP contribution in [0.25, 0.3) is 0 Å². The summed E-state index contributed by atoms with van der Waals surface area (Å²) in [5, 5.41) is 12.7. The molecule has 0 radical (unpaired) electrons. The van der Waals surface area contributed by atoms with Gasteiger partial charge in [0.1, 0.15) is 11.5 Å². The van der Waals surface area contributed by atoms with Crippen LogP contribution < -0.4 is 14.8 Å². The summed E-state index contributed by atoms with van der Waals surface area (Å²) in [6.45, 7) is 6.17. The van der Waals surface area contributed by atoms with Crippen molar-refractivity contribution in [2.45, 2.75) is 24.7 Å². The minimum absolute atomic E-state index is 0.140. The molecule has 3 rings (SSSR count). The lowest BCUT2D eigenvalue weighted by Gasteiger charge is -2.16. The van der Waals surface area contributed by atoms with Crippen molar-refractivity contribution in [1.29, 1.82) is 0 Å². The summed E-state index contributed by atoms with van der Waals surface area (Å²) in [5.41, 5.74) is 0.568. The van der Waals surface area contributed by atoms with Gasteiger partial charge < -0.3 is 14.8 Å². The van der Waals surface area contributed by atoms with Crippen LogP contribution in [0.15, 0.2) is 60.3 Å². The molecule has 1 heterocycles. The Bertz CT molecular complexity index is 1110. The van der Waals surface area contributed by atoms with Crippen molar-refractivity contribution in [1.82, 2.24) is 14.8 Å². The van der Waals surface area contributed by atoms with Gasteiger partial charge in [-0.25, -0.2) is 0 Å². The van der Waals surface area contributed by atoms with Gasteiger partial charge in [0.05, 0.1) is 22.9 Å². The van der Waals surface area contributed by atoms with E-state index in [2.05, 4.69) is 22.1 Å². The molecule has 0 bridgehead atoms. The minimum atomic E-state index is -0.381. The van der Waals surface area contributed by atoms with Crippen molar-refractivity contribution in [2.75, 3.05) is 18.2 Å². The number of thioether (sulfide) groups is 1. The zero-order valence-corrected chi connectivity index (χ0v) is 19.9. The Morgan fingerprint density at radius 2 is 2.00 bits per heavy atom. The van der Waals surface area contributed by atoms with Gasteiger partial charge >= 0.3 is 0 Å². The van der Waals surface area contributed by atoms with E-state index in [9.17, 15) is 4.79 Å². The first-order valence-corrected chi connectivity index (χ1v) is 11.4. The third-order valence-electron chi connectivity index (χ3n) is 4.31. The van der Waals surface area contributed by atoms with Gasteiger partial charge in [-0.15, -0.1) is 16.8 Å². The first-order chi connectivity index (χ1) is 15.4. The molecule has 7 nitrogen and oxygen atoms in total. The number of methoxy groups -OCH3 is 1. The number of amides is 1. The average molecular weight is 493 g/mol. The molecule has 2 aromatic carbocycles. The van der Waals surface area contributed by atoms with Crippen LogP contribution in [0.2, 0.25) is 10.0 Å². The third kappa shape index (κ3) is 6.18. The number of benzene rings is 2. The van der Waals surface area contributed by atoms with E-state index < -0.39 is 0 Å². The molecule has 0 spiro atoms. The molecule has 0 aliphatic heterocycles. The summed E-state index contributed by atoms with van der Waals surface area (Å²) < 4.78 is 13.1. The molecule has 1 unspecified atom stereocenters. The van der Waals surface area contributed by atoms with Gasteiger partial charge in [-0.3, -0.25) is 9.36 Å². The van der Waals surface area contributed by atoms with Gasteiger partial charge in [0.15, 0.2) is 17.1 Å². The normalized spacial score (nSPS) is 11.6. The Morgan fingerprint density at radius 1 is 1.22 bits per heavy atom. The summed E-state index contributed by atoms with van der Waals surface area (Å²) in [5.74, 6) is 1.91. The standard InChI is InChI=1S/C22H22Cl2N4O3S/c1-4-10-28-21(14(2)31-17-7-5-6-16(12-17)30-3)26-27-22(28)32-13-20(29)25-15-8-9-18(23)19(24)11-15/h4-9,11-12,14H,1,10,13H2,2-3H3,(H,25,29). The van der Waals surface area contributed by atoms with Crippen LogP contribution in [0.5, 0.6) is 11.5 Å². The van der Waals surface area contributed by atoms with Crippen LogP contribution in [-0.4, -0.2) is 33.5 Å². The Hall–Kier alpha value is -2.68. The second-order valence-electron chi connectivity index (χ2n) is 6.64. The molecule has 0 aliphatic carbocycles. The molecule has 32 heavy (non-hydrogen) atoms. The maximum Gasteiger partial charge on any atom is 0.234 e. The maximum absolute atomic E-state index is 12.4. The predicted octanol–water partition coefficient (Wildman–Crippen LogP) is 5.65. The largest absolute Gasteiger partial charge is 0.497 e. The molecule has 1 aromatic heterocycles. The number of allylic oxidation sites excluding steroid dienone is 1. The number of nitrogens with zero attached hydrogens (tertiary/aromatic N) is 3. The Labute approximate surface area is 200 Å². The Morgan fingerprint density at radius 3 is 2.72 bits per heavy atom.